The number of nitrogens with zero attached hydrogens (tertiary/aromatic N) is 3. The van der Waals surface area contributed by atoms with E-state index < -0.39 is 0 Å². The third-order valence-corrected chi connectivity index (χ3v) is 3.69. The van der Waals surface area contributed by atoms with E-state index in [1.54, 1.807) is 0 Å². The number of piperidine rings is 1. The van der Waals surface area contributed by atoms with Crippen LogP contribution in [0.15, 0.2) is 6.07 Å². The summed E-state index contributed by atoms with van der Waals surface area (Å²) in [6.07, 6.45) is 4.37. The Morgan fingerprint density at radius 3 is 2.56 bits per heavy atom. The minimum atomic E-state index is 0.460. The molecule has 0 radical (unpaired) electrons. The van der Waals surface area contributed by atoms with Crippen LogP contribution in [0.2, 0.25) is 0 Å². The van der Waals surface area contributed by atoms with Crippen LogP contribution < -0.4 is 10.6 Å². The fourth-order valence-electron chi connectivity index (χ4n) is 2.34. The van der Waals surface area contributed by atoms with Crippen LogP contribution in [0, 0.1) is 5.41 Å². The van der Waals surface area contributed by atoms with Crippen molar-refractivity contribution in [2.24, 2.45) is 5.41 Å². The van der Waals surface area contributed by atoms with Crippen molar-refractivity contribution in [1.82, 2.24) is 9.97 Å². The molecule has 0 bridgehead atoms. The number of nitrogens with two attached hydrogens (primary N) is 1. The number of aryl methyl sites for hydroxylation is 1. The summed E-state index contributed by atoms with van der Waals surface area (Å²) in [4.78, 5) is 11.3. The maximum absolute atomic E-state index is 5.87. The lowest BCUT2D eigenvalue weighted by molar-refractivity contribution is 0.279. The first kappa shape index (κ1) is 13.1. The van der Waals surface area contributed by atoms with Crippen LogP contribution in [-0.4, -0.2) is 23.1 Å². The highest BCUT2D eigenvalue weighted by molar-refractivity contribution is 5.47. The number of anilines is 2. The van der Waals surface area contributed by atoms with Gasteiger partial charge in [0.25, 0.3) is 0 Å². The molecule has 0 saturated carbocycles. The highest BCUT2D eigenvalue weighted by Gasteiger charge is 2.26. The Hall–Kier alpha value is -1.32. The Morgan fingerprint density at radius 2 is 1.94 bits per heavy atom. The summed E-state index contributed by atoms with van der Waals surface area (Å²) >= 11 is 0. The first-order chi connectivity index (χ1) is 8.50. The molecule has 0 atom stereocenters. The molecule has 0 aliphatic carbocycles. The van der Waals surface area contributed by atoms with E-state index in [1.807, 2.05) is 6.07 Å². The van der Waals surface area contributed by atoms with Gasteiger partial charge < -0.3 is 10.6 Å². The van der Waals surface area contributed by atoms with Crippen LogP contribution in [0.4, 0.5) is 11.6 Å². The van der Waals surface area contributed by atoms with Crippen molar-refractivity contribution in [3.05, 3.63) is 11.9 Å². The lowest BCUT2D eigenvalue weighted by Crippen LogP contribution is -2.38. The number of nitrogen functional groups attached to an aromatic ring is 1. The van der Waals surface area contributed by atoms with Crippen LogP contribution in [0.5, 0.6) is 0 Å². The van der Waals surface area contributed by atoms with Crippen LogP contribution in [0.1, 0.15) is 45.9 Å². The van der Waals surface area contributed by atoms with Gasteiger partial charge in [-0.05, 0) is 24.7 Å². The molecule has 4 heteroatoms. The van der Waals surface area contributed by atoms with Crippen molar-refractivity contribution in [3.8, 4) is 0 Å². The van der Waals surface area contributed by atoms with Gasteiger partial charge >= 0.3 is 0 Å². The molecule has 0 aromatic carbocycles. The van der Waals surface area contributed by atoms with Gasteiger partial charge in [0.2, 0.25) is 0 Å². The summed E-state index contributed by atoms with van der Waals surface area (Å²) in [5.74, 6) is 2.46. The van der Waals surface area contributed by atoms with E-state index in [4.69, 9.17) is 5.73 Å². The number of rotatable bonds is 3. The van der Waals surface area contributed by atoms with E-state index in [0.717, 1.165) is 37.6 Å². The molecule has 100 valence electrons. The summed E-state index contributed by atoms with van der Waals surface area (Å²) in [6.45, 7) is 8.93. The molecule has 2 N–H and O–H groups in total. The third-order valence-electron chi connectivity index (χ3n) is 3.69. The molecule has 0 spiro atoms. The number of hydrogen-bond donors (Lipinski definition) is 1. The van der Waals surface area contributed by atoms with Crippen molar-refractivity contribution in [3.63, 3.8) is 0 Å². The topological polar surface area (TPSA) is 55.0 Å². The molecule has 1 aliphatic heterocycles. The van der Waals surface area contributed by atoms with Crippen molar-refractivity contribution in [2.75, 3.05) is 23.7 Å². The molecule has 1 aromatic rings. The monoisotopic (exact) mass is 248 g/mol. The van der Waals surface area contributed by atoms with Gasteiger partial charge in [0.15, 0.2) is 0 Å². The summed E-state index contributed by atoms with van der Waals surface area (Å²) < 4.78 is 0. The van der Waals surface area contributed by atoms with Gasteiger partial charge in [0, 0.05) is 25.6 Å². The molecule has 1 fully saturated rings. The van der Waals surface area contributed by atoms with Gasteiger partial charge in [-0.2, -0.15) is 0 Å². The van der Waals surface area contributed by atoms with Crippen molar-refractivity contribution >= 4 is 11.6 Å². The normalized spacial score (nSPS) is 18.9. The molecular formula is C14H24N4. The molecule has 0 amide bonds. The highest BCUT2D eigenvalue weighted by Crippen LogP contribution is 2.31. The molecule has 2 rings (SSSR count). The van der Waals surface area contributed by atoms with E-state index in [0.29, 0.717) is 11.2 Å². The summed E-state index contributed by atoms with van der Waals surface area (Å²) in [7, 11) is 0. The van der Waals surface area contributed by atoms with Gasteiger partial charge in [-0.15, -0.1) is 0 Å². The Kier molecular flexibility index (Phi) is 3.73. The van der Waals surface area contributed by atoms with E-state index >= 15 is 0 Å². The first-order valence-electron chi connectivity index (χ1n) is 6.88. The van der Waals surface area contributed by atoms with Crippen molar-refractivity contribution in [2.45, 2.75) is 46.5 Å². The Morgan fingerprint density at radius 1 is 1.28 bits per heavy atom. The fraction of sp³-hybridized carbons (Fsp3) is 0.714. The molecule has 0 unspecified atom stereocenters. The van der Waals surface area contributed by atoms with Gasteiger partial charge in [-0.3, -0.25) is 0 Å². The maximum Gasteiger partial charge on any atom is 0.134 e. The summed E-state index contributed by atoms with van der Waals surface area (Å²) in [5.41, 5.74) is 6.33. The second-order valence-corrected chi connectivity index (χ2v) is 5.97. The van der Waals surface area contributed by atoms with E-state index in [1.165, 1.54) is 12.8 Å². The first-order valence-corrected chi connectivity index (χ1v) is 6.88. The molecule has 1 aliphatic rings. The highest BCUT2D eigenvalue weighted by atomic mass is 15.2. The van der Waals surface area contributed by atoms with Crippen molar-refractivity contribution < 1.29 is 0 Å². The third kappa shape index (κ3) is 3.12. The maximum atomic E-state index is 5.87. The zero-order valence-corrected chi connectivity index (χ0v) is 11.7. The van der Waals surface area contributed by atoms with Crippen LogP contribution in [0.25, 0.3) is 0 Å². The molecule has 1 saturated heterocycles. The Labute approximate surface area is 110 Å². The van der Waals surface area contributed by atoms with Gasteiger partial charge in [-0.25, -0.2) is 9.97 Å². The van der Waals surface area contributed by atoms with E-state index in [2.05, 4.69) is 35.6 Å². The minimum absolute atomic E-state index is 0.460. The van der Waals surface area contributed by atoms with Crippen LogP contribution in [-0.2, 0) is 6.42 Å². The lowest BCUT2D eigenvalue weighted by atomic mass is 9.83. The van der Waals surface area contributed by atoms with Gasteiger partial charge in [0.1, 0.15) is 17.5 Å². The average molecular weight is 248 g/mol. The van der Waals surface area contributed by atoms with Gasteiger partial charge in [0.05, 0.1) is 0 Å². The lowest BCUT2D eigenvalue weighted by Gasteiger charge is -2.37. The van der Waals surface area contributed by atoms with Crippen LogP contribution in [0.3, 0.4) is 0 Å². The van der Waals surface area contributed by atoms with Gasteiger partial charge in [-0.1, -0.05) is 20.8 Å². The predicted molar refractivity (Wildman–Crippen MR) is 75.7 cm³/mol. The van der Waals surface area contributed by atoms with E-state index in [9.17, 15) is 0 Å². The second-order valence-electron chi connectivity index (χ2n) is 5.97. The summed E-state index contributed by atoms with van der Waals surface area (Å²) in [5, 5.41) is 0. The SMILES string of the molecule is CCCc1nc(N)cc(N2CCC(C)(C)CC2)n1. The summed E-state index contributed by atoms with van der Waals surface area (Å²) in [6, 6.07) is 1.90. The number of aromatic nitrogens is 2. The molecule has 18 heavy (non-hydrogen) atoms. The second kappa shape index (κ2) is 5.12. The van der Waals surface area contributed by atoms with Crippen molar-refractivity contribution in [1.29, 1.82) is 0 Å². The molecule has 1 aromatic heterocycles. The molecule has 4 nitrogen and oxygen atoms in total. The van der Waals surface area contributed by atoms with E-state index in [-0.39, 0.29) is 0 Å². The number of hydrogen-bond acceptors (Lipinski definition) is 4. The zero-order chi connectivity index (χ0) is 13.2. The minimum Gasteiger partial charge on any atom is -0.384 e. The quantitative estimate of drug-likeness (QED) is 0.893. The molecular weight excluding hydrogens is 224 g/mol. The fourth-order valence-corrected chi connectivity index (χ4v) is 2.34. The smallest absolute Gasteiger partial charge is 0.134 e. The molecule has 2 heterocycles. The van der Waals surface area contributed by atoms with Crippen LogP contribution >= 0.6 is 0 Å². The Bertz CT molecular complexity index is 404. The Balaban J connectivity index is 2.13. The predicted octanol–water partition coefficient (Wildman–Crippen LogP) is 2.64. The average Bonchev–Trinajstić information content (AvgIpc) is 2.28. The largest absolute Gasteiger partial charge is 0.384 e. The zero-order valence-electron chi connectivity index (χ0n) is 11.7. The standard InChI is InChI=1S/C14H24N4/c1-4-5-12-16-11(15)10-13(17-12)18-8-6-14(2,3)7-9-18/h10H,4-9H2,1-3H3,(H2,15,16,17).